The van der Waals surface area contributed by atoms with Crippen LogP contribution in [0.15, 0.2) is 48.0 Å². The van der Waals surface area contributed by atoms with E-state index >= 15 is 0 Å². The first-order valence-corrected chi connectivity index (χ1v) is 11.4. The normalized spacial score (nSPS) is 16.4. The fourth-order valence-corrected chi connectivity index (χ4v) is 4.45. The van der Waals surface area contributed by atoms with E-state index in [1.54, 1.807) is 25.0 Å². The number of hydrogen-bond acceptors (Lipinski definition) is 7. The molecule has 34 heavy (non-hydrogen) atoms. The van der Waals surface area contributed by atoms with Gasteiger partial charge in [0.2, 0.25) is 0 Å². The van der Waals surface area contributed by atoms with E-state index in [1.807, 2.05) is 22.8 Å². The lowest BCUT2D eigenvalue weighted by Gasteiger charge is -2.17. The first-order chi connectivity index (χ1) is 16.5. The summed E-state index contributed by atoms with van der Waals surface area (Å²) in [7, 11) is 1.62. The van der Waals surface area contributed by atoms with Gasteiger partial charge in [-0.05, 0) is 50.0 Å². The number of nitrogens with zero attached hydrogens (tertiary/aromatic N) is 5. The second-order valence-electron chi connectivity index (χ2n) is 8.48. The van der Waals surface area contributed by atoms with Gasteiger partial charge in [-0.15, -0.1) is 5.10 Å². The molecule has 2 aromatic heterocycles. The first-order valence-electron chi connectivity index (χ1n) is 11.4. The highest BCUT2D eigenvalue weighted by atomic mass is 16.5. The average molecular weight is 462 g/mol. The maximum Gasteiger partial charge on any atom is 0.358 e. The van der Waals surface area contributed by atoms with Crippen LogP contribution in [-0.2, 0) is 22.5 Å². The Morgan fingerprint density at radius 1 is 1.24 bits per heavy atom. The van der Waals surface area contributed by atoms with E-state index in [4.69, 9.17) is 14.2 Å². The Labute approximate surface area is 197 Å². The number of benzene rings is 1. The highest BCUT2D eigenvalue weighted by Gasteiger charge is 2.29. The van der Waals surface area contributed by atoms with Gasteiger partial charge in [-0.1, -0.05) is 18.2 Å². The molecule has 5 rings (SSSR count). The van der Waals surface area contributed by atoms with Gasteiger partial charge in [0.15, 0.2) is 5.69 Å². The van der Waals surface area contributed by atoms with Gasteiger partial charge in [-0.25, -0.2) is 14.5 Å². The molecular weight excluding hydrogens is 434 g/mol. The third kappa shape index (κ3) is 3.76. The Morgan fingerprint density at radius 2 is 2.09 bits per heavy atom. The third-order valence-electron chi connectivity index (χ3n) is 6.15. The number of esters is 1. The molecular formula is C25H27N5O4. The van der Waals surface area contributed by atoms with Crippen molar-refractivity contribution >= 4 is 5.97 Å². The van der Waals surface area contributed by atoms with E-state index in [-0.39, 0.29) is 18.9 Å². The van der Waals surface area contributed by atoms with Gasteiger partial charge in [0.1, 0.15) is 30.1 Å². The molecule has 0 N–H and O–H groups in total. The van der Waals surface area contributed by atoms with E-state index in [0.717, 1.165) is 34.8 Å². The second-order valence-corrected chi connectivity index (χ2v) is 8.48. The summed E-state index contributed by atoms with van der Waals surface area (Å²) in [6.45, 7) is 6.56. The van der Waals surface area contributed by atoms with Crippen molar-refractivity contribution in [3.63, 3.8) is 0 Å². The molecule has 0 fully saturated rings. The highest BCUT2D eigenvalue weighted by Crippen LogP contribution is 2.33. The van der Waals surface area contributed by atoms with E-state index in [1.165, 1.54) is 0 Å². The van der Waals surface area contributed by atoms with Crippen LogP contribution < -0.4 is 4.74 Å². The van der Waals surface area contributed by atoms with Gasteiger partial charge in [-0.2, -0.15) is 0 Å². The SMILES string of the molecule is CCOC(=O)c1ncn2c1Cc1c(COC3=CCC(C)C=C3C)nnn1-c1cc(OC)ccc1-2. The monoisotopic (exact) mass is 461 g/mol. The van der Waals surface area contributed by atoms with E-state index < -0.39 is 5.97 Å². The fourth-order valence-electron chi connectivity index (χ4n) is 4.45. The zero-order valence-electron chi connectivity index (χ0n) is 19.7. The number of rotatable bonds is 6. The molecule has 1 atom stereocenters. The number of carbonyl (C=O) groups is 1. The van der Waals surface area contributed by atoms with Crippen LogP contribution in [0.5, 0.6) is 5.75 Å². The summed E-state index contributed by atoms with van der Waals surface area (Å²) in [4.78, 5) is 17.0. The molecule has 0 saturated carbocycles. The van der Waals surface area contributed by atoms with Crippen LogP contribution in [0.3, 0.4) is 0 Å². The maximum absolute atomic E-state index is 12.6. The molecule has 3 heterocycles. The molecule has 1 aromatic carbocycles. The quantitative estimate of drug-likeness (QED) is 0.402. The van der Waals surface area contributed by atoms with Crippen molar-refractivity contribution in [1.29, 1.82) is 0 Å². The molecule has 9 nitrogen and oxygen atoms in total. The van der Waals surface area contributed by atoms with Crippen LogP contribution in [0.4, 0.5) is 0 Å². The molecule has 0 bridgehead atoms. The predicted octanol–water partition coefficient (Wildman–Crippen LogP) is 3.93. The van der Waals surface area contributed by atoms with Gasteiger partial charge >= 0.3 is 5.97 Å². The third-order valence-corrected chi connectivity index (χ3v) is 6.15. The standard InChI is InChI=1S/C25H27N5O4/c1-5-33-25(31)24-22-12-20-18(13-34-23-9-6-15(2)10-16(23)3)27-28-30(20)21-11-17(32-4)7-8-19(21)29(22)14-26-24/h7-11,14-15H,5-6,12-13H2,1-4H3. The number of carbonyl (C=O) groups excluding carboxylic acids is 1. The Morgan fingerprint density at radius 3 is 2.85 bits per heavy atom. The predicted molar refractivity (Wildman–Crippen MR) is 124 cm³/mol. The second kappa shape index (κ2) is 8.81. The number of hydrogen-bond donors (Lipinski definition) is 0. The fraction of sp³-hybridized carbons (Fsp3) is 0.360. The smallest absolute Gasteiger partial charge is 0.358 e. The van der Waals surface area contributed by atoms with Crippen molar-refractivity contribution in [2.45, 2.75) is 40.2 Å². The van der Waals surface area contributed by atoms with Crippen molar-refractivity contribution in [2.24, 2.45) is 5.92 Å². The number of methoxy groups -OCH3 is 1. The molecule has 0 radical (unpaired) electrons. The van der Waals surface area contributed by atoms with Crippen molar-refractivity contribution in [3.05, 3.63) is 70.8 Å². The lowest BCUT2D eigenvalue weighted by atomic mass is 9.97. The van der Waals surface area contributed by atoms with Crippen LogP contribution in [0.25, 0.3) is 11.4 Å². The molecule has 1 aliphatic carbocycles. The number of allylic oxidation sites excluding steroid dienone is 3. The van der Waals surface area contributed by atoms with Gasteiger partial charge in [0, 0.05) is 12.5 Å². The summed E-state index contributed by atoms with van der Waals surface area (Å²) in [6.07, 6.45) is 7.32. The Kier molecular flexibility index (Phi) is 5.69. The van der Waals surface area contributed by atoms with Crippen molar-refractivity contribution in [3.8, 4) is 17.1 Å². The summed E-state index contributed by atoms with van der Waals surface area (Å²) in [6, 6.07) is 5.68. The number of aromatic nitrogens is 5. The molecule has 0 saturated heterocycles. The lowest BCUT2D eigenvalue weighted by Crippen LogP contribution is -2.11. The van der Waals surface area contributed by atoms with Crippen LogP contribution in [-0.4, -0.2) is 44.2 Å². The van der Waals surface area contributed by atoms with Gasteiger partial charge < -0.3 is 14.2 Å². The Hall–Kier alpha value is -3.88. The largest absolute Gasteiger partial charge is 0.497 e. The van der Waals surface area contributed by atoms with E-state index in [2.05, 4.69) is 41.3 Å². The number of ether oxygens (including phenoxy) is 3. The molecule has 9 heteroatoms. The Balaban J connectivity index is 1.57. The van der Waals surface area contributed by atoms with Crippen molar-refractivity contribution in [2.75, 3.05) is 13.7 Å². The van der Waals surface area contributed by atoms with Gasteiger partial charge in [-0.3, -0.25) is 4.57 Å². The number of fused-ring (bicyclic) bond motifs is 5. The summed E-state index contributed by atoms with van der Waals surface area (Å²) in [5.74, 6) is 1.61. The molecule has 1 aliphatic heterocycles. The Bertz CT molecular complexity index is 1320. The topological polar surface area (TPSA) is 93.3 Å². The zero-order valence-corrected chi connectivity index (χ0v) is 19.7. The van der Waals surface area contributed by atoms with Gasteiger partial charge in [0.05, 0.1) is 36.5 Å². The first kappa shape index (κ1) is 21.9. The summed E-state index contributed by atoms with van der Waals surface area (Å²) >= 11 is 0. The molecule has 0 spiro atoms. The average Bonchev–Trinajstić information content (AvgIpc) is 3.40. The van der Waals surface area contributed by atoms with Gasteiger partial charge in [0.25, 0.3) is 0 Å². The molecule has 1 unspecified atom stereocenters. The van der Waals surface area contributed by atoms with Crippen LogP contribution >= 0.6 is 0 Å². The molecule has 3 aromatic rings. The van der Waals surface area contributed by atoms with Crippen molar-refractivity contribution < 1.29 is 19.0 Å². The minimum atomic E-state index is -0.452. The maximum atomic E-state index is 12.6. The zero-order chi connectivity index (χ0) is 23.8. The van der Waals surface area contributed by atoms with Crippen LogP contribution in [0, 0.1) is 5.92 Å². The molecule has 0 amide bonds. The van der Waals surface area contributed by atoms with Crippen LogP contribution in [0.2, 0.25) is 0 Å². The number of imidazole rings is 1. The minimum Gasteiger partial charge on any atom is -0.497 e. The van der Waals surface area contributed by atoms with Crippen molar-refractivity contribution in [1.82, 2.24) is 24.5 Å². The summed E-state index contributed by atoms with van der Waals surface area (Å²) in [5, 5.41) is 8.89. The summed E-state index contributed by atoms with van der Waals surface area (Å²) < 4.78 is 20.6. The summed E-state index contributed by atoms with van der Waals surface area (Å²) in [5.41, 5.74) is 5.24. The minimum absolute atomic E-state index is 0.267. The highest BCUT2D eigenvalue weighted by molar-refractivity contribution is 5.89. The lowest BCUT2D eigenvalue weighted by molar-refractivity contribution is 0.0519. The molecule has 2 aliphatic rings. The molecule has 176 valence electrons. The van der Waals surface area contributed by atoms with Crippen LogP contribution in [0.1, 0.15) is 54.8 Å². The van der Waals surface area contributed by atoms with E-state index in [9.17, 15) is 4.79 Å². The van der Waals surface area contributed by atoms with E-state index in [0.29, 0.717) is 29.5 Å².